The molecule has 1 aliphatic heterocycles. The number of benzene rings is 3. The van der Waals surface area contributed by atoms with Crippen molar-refractivity contribution in [1.29, 1.82) is 0 Å². The largest absolute Gasteiger partial charge is 0.484 e. The Bertz CT molecular complexity index is 1440. The zero-order chi connectivity index (χ0) is 26.7. The van der Waals surface area contributed by atoms with Crippen LogP contribution in [-0.2, 0) is 14.4 Å². The van der Waals surface area contributed by atoms with E-state index in [0.29, 0.717) is 17.0 Å². The van der Waals surface area contributed by atoms with Gasteiger partial charge in [0.2, 0.25) is 0 Å². The quantitative estimate of drug-likeness (QED) is 0.382. The zero-order valence-corrected chi connectivity index (χ0v) is 21.0. The van der Waals surface area contributed by atoms with E-state index in [9.17, 15) is 19.2 Å². The maximum absolute atomic E-state index is 13.1. The van der Waals surface area contributed by atoms with Crippen LogP contribution in [0.2, 0.25) is 0 Å². The number of hydrogen-bond acceptors (Lipinski definition) is 5. The number of carbonyl (C=O) groups is 4. The molecule has 0 radical (unpaired) electrons. The van der Waals surface area contributed by atoms with Crippen molar-refractivity contribution in [3.05, 3.63) is 94.1 Å². The normalized spacial score (nSPS) is 14.5. The first-order valence-electron chi connectivity index (χ1n) is 11.7. The van der Waals surface area contributed by atoms with Gasteiger partial charge in [-0.15, -0.1) is 0 Å². The van der Waals surface area contributed by atoms with Crippen molar-refractivity contribution in [2.24, 2.45) is 0 Å². The first kappa shape index (κ1) is 25.4. The molecule has 0 unspecified atom stereocenters. The molecular formula is C29H27N3O5. The van der Waals surface area contributed by atoms with Gasteiger partial charge in [0.15, 0.2) is 6.61 Å². The van der Waals surface area contributed by atoms with Gasteiger partial charge in [0.1, 0.15) is 11.3 Å². The number of hydrogen-bond donors (Lipinski definition) is 2. The zero-order valence-electron chi connectivity index (χ0n) is 21.0. The predicted molar refractivity (Wildman–Crippen MR) is 141 cm³/mol. The van der Waals surface area contributed by atoms with Gasteiger partial charge in [0.25, 0.3) is 17.7 Å². The Morgan fingerprint density at radius 3 is 2.35 bits per heavy atom. The third-order valence-corrected chi connectivity index (χ3v) is 6.29. The first-order valence-corrected chi connectivity index (χ1v) is 11.7. The van der Waals surface area contributed by atoms with Crippen LogP contribution in [0.5, 0.6) is 5.75 Å². The molecule has 3 aromatic carbocycles. The van der Waals surface area contributed by atoms with E-state index in [1.54, 1.807) is 36.4 Å². The molecule has 8 heteroatoms. The molecule has 0 saturated carbocycles. The van der Waals surface area contributed by atoms with Crippen molar-refractivity contribution in [2.45, 2.75) is 27.7 Å². The molecule has 0 bridgehead atoms. The second-order valence-electron chi connectivity index (χ2n) is 8.88. The molecule has 0 spiro atoms. The molecule has 1 fully saturated rings. The van der Waals surface area contributed by atoms with Crippen molar-refractivity contribution in [2.75, 3.05) is 16.8 Å². The van der Waals surface area contributed by atoms with Crippen LogP contribution in [0.15, 0.2) is 66.2 Å². The number of amides is 5. The van der Waals surface area contributed by atoms with E-state index in [2.05, 4.69) is 10.6 Å². The third kappa shape index (κ3) is 5.59. The predicted octanol–water partition coefficient (Wildman–Crippen LogP) is 4.60. The minimum absolute atomic E-state index is 0.167. The van der Waals surface area contributed by atoms with Crippen LogP contribution in [0.25, 0.3) is 6.08 Å². The van der Waals surface area contributed by atoms with Crippen LogP contribution >= 0.6 is 0 Å². The highest BCUT2D eigenvalue weighted by Gasteiger charge is 2.36. The molecule has 8 nitrogen and oxygen atoms in total. The maximum Gasteiger partial charge on any atom is 0.335 e. The number of nitrogens with zero attached hydrogens (tertiary/aromatic N) is 1. The summed E-state index contributed by atoms with van der Waals surface area (Å²) >= 11 is 0. The van der Waals surface area contributed by atoms with Gasteiger partial charge in [0, 0.05) is 5.69 Å². The lowest BCUT2D eigenvalue weighted by molar-refractivity contribution is -0.122. The molecule has 1 heterocycles. The lowest BCUT2D eigenvalue weighted by Crippen LogP contribution is -2.54. The summed E-state index contributed by atoms with van der Waals surface area (Å²) in [5.41, 5.74) is 5.51. The molecule has 0 aromatic heterocycles. The van der Waals surface area contributed by atoms with Crippen molar-refractivity contribution in [3.8, 4) is 5.75 Å². The Morgan fingerprint density at radius 2 is 1.65 bits per heavy atom. The van der Waals surface area contributed by atoms with Gasteiger partial charge < -0.3 is 10.1 Å². The maximum atomic E-state index is 13.1. The minimum atomic E-state index is -0.793. The monoisotopic (exact) mass is 497 g/mol. The van der Waals surface area contributed by atoms with Crippen molar-refractivity contribution >= 4 is 41.2 Å². The third-order valence-electron chi connectivity index (χ3n) is 6.29. The van der Waals surface area contributed by atoms with E-state index < -0.39 is 17.8 Å². The fourth-order valence-corrected chi connectivity index (χ4v) is 3.81. The summed E-state index contributed by atoms with van der Waals surface area (Å²) in [7, 11) is 0. The van der Waals surface area contributed by atoms with Gasteiger partial charge in [0.05, 0.1) is 5.69 Å². The van der Waals surface area contributed by atoms with E-state index in [1.165, 1.54) is 6.08 Å². The van der Waals surface area contributed by atoms with E-state index in [-0.39, 0.29) is 18.1 Å². The number of carbonyl (C=O) groups excluding carboxylic acids is 4. The summed E-state index contributed by atoms with van der Waals surface area (Å²) in [6.45, 7) is 7.54. The van der Waals surface area contributed by atoms with E-state index in [1.807, 2.05) is 52.0 Å². The summed E-state index contributed by atoms with van der Waals surface area (Å²) in [6.07, 6.45) is 1.41. The average Bonchev–Trinajstić information content (AvgIpc) is 2.86. The topological polar surface area (TPSA) is 105 Å². The first-order chi connectivity index (χ1) is 17.6. The van der Waals surface area contributed by atoms with Gasteiger partial charge in [-0.1, -0.05) is 30.3 Å². The number of imide groups is 2. The molecule has 1 saturated heterocycles. The Balaban J connectivity index is 1.44. The van der Waals surface area contributed by atoms with E-state index >= 15 is 0 Å². The standard InChI is InChI=1S/C29H27N3O5/c1-17-8-11-22(14-19(17)3)32-28(35)24(27(34)31-29(32)36)15-21-9-12-23(13-10-21)37-16-26(33)30-25-7-5-6-18(2)20(25)4/h5-15H,16H2,1-4H3,(H,30,33)(H,31,34,36)/b24-15-. The van der Waals surface area contributed by atoms with Crippen LogP contribution in [0.1, 0.15) is 27.8 Å². The number of nitrogens with one attached hydrogen (secondary N) is 2. The van der Waals surface area contributed by atoms with Gasteiger partial charge in [-0.3, -0.25) is 19.7 Å². The lowest BCUT2D eigenvalue weighted by Gasteiger charge is -2.26. The molecule has 0 aliphatic carbocycles. The summed E-state index contributed by atoms with van der Waals surface area (Å²) in [6, 6.07) is 16.7. The fourth-order valence-electron chi connectivity index (χ4n) is 3.81. The van der Waals surface area contributed by atoms with Gasteiger partial charge in [-0.25, -0.2) is 9.69 Å². The molecule has 1 aliphatic rings. The second-order valence-corrected chi connectivity index (χ2v) is 8.88. The number of urea groups is 1. The van der Waals surface area contributed by atoms with Crippen LogP contribution in [-0.4, -0.2) is 30.4 Å². The molecular weight excluding hydrogens is 470 g/mol. The molecule has 5 amide bonds. The van der Waals surface area contributed by atoms with Crippen LogP contribution in [0.4, 0.5) is 16.2 Å². The highest BCUT2D eigenvalue weighted by molar-refractivity contribution is 6.39. The molecule has 2 N–H and O–H groups in total. The molecule has 4 rings (SSSR count). The van der Waals surface area contributed by atoms with E-state index in [0.717, 1.165) is 32.8 Å². The molecule has 37 heavy (non-hydrogen) atoms. The molecule has 3 aromatic rings. The van der Waals surface area contributed by atoms with Crippen molar-refractivity contribution in [3.63, 3.8) is 0 Å². The van der Waals surface area contributed by atoms with Crippen molar-refractivity contribution < 1.29 is 23.9 Å². The number of aryl methyl sites for hydroxylation is 3. The second kappa shape index (κ2) is 10.5. The number of barbiturate groups is 1. The minimum Gasteiger partial charge on any atom is -0.484 e. The number of rotatable bonds is 6. The van der Waals surface area contributed by atoms with E-state index in [4.69, 9.17) is 4.74 Å². The number of anilines is 2. The Morgan fingerprint density at radius 1 is 0.919 bits per heavy atom. The fraction of sp³-hybridized carbons (Fsp3) is 0.172. The summed E-state index contributed by atoms with van der Waals surface area (Å²) in [5.74, 6) is -1.32. The smallest absolute Gasteiger partial charge is 0.335 e. The highest BCUT2D eigenvalue weighted by Crippen LogP contribution is 2.25. The van der Waals surface area contributed by atoms with Crippen LogP contribution < -0.4 is 20.3 Å². The molecule has 0 atom stereocenters. The summed E-state index contributed by atoms with van der Waals surface area (Å²) in [5, 5.41) is 5.06. The highest BCUT2D eigenvalue weighted by atomic mass is 16.5. The number of ether oxygens (including phenoxy) is 1. The summed E-state index contributed by atoms with van der Waals surface area (Å²) < 4.78 is 5.58. The Hall–Kier alpha value is -4.72. The van der Waals surface area contributed by atoms with Gasteiger partial charge in [-0.05, 0) is 91.9 Å². The van der Waals surface area contributed by atoms with Gasteiger partial charge in [-0.2, -0.15) is 0 Å². The van der Waals surface area contributed by atoms with Crippen LogP contribution in [0, 0.1) is 27.7 Å². The van der Waals surface area contributed by atoms with Crippen molar-refractivity contribution in [1.82, 2.24) is 5.32 Å². The Kier molecular flexibility index (Phi) is 7.20. The molecule has 188 valence electrons. The Labute approximate surface area is 214 Å². The average molecular weight is 498 g/mol. The van der Waals surface area contributed by atoms with Gasteiger partial charge >= 0.3 is 6.03 Å². The SMILES string of the molecule is Cc1ccc(N2C(=O)NC(=O)/C(=C/c3ccc(OCC(=O)Nc4cccc(C)c4C)cc3)C2=O)cc1C. The lowest BCUT2D eigenvalue weighted by atomic mass is 10.1. The van der Waals surface area contributed by atoms with Crippen LogP contribution in [0.3, 0.4) is 0 Å². The summed E-state index contributed by atoms with van der Waals surface area (Å²) in [4.78, 5) is 51.2.